The first-order valence-electron chi connectivity index (χ1n) is 5.80. The molecule has 2 aromatic carbocycles. The second kappa shape index (κ2) is 6.21. The molecule has 6 heteroatoms. The smallest absolute Gasteiger partial charge is 0.270 e. The monoisotopic (exact) mass is 288 g/mol. The number of carbonyl (C=O) groups is 1. The van der Waals surface area contributed by atoms with E-state index in [0.717, 1.165) is 4.90 Å². The van der Waals surface area contributed by atoms with Crippen molar-refractivity contribution in [2.24, 2.45) is 0 Å². The lowest BCUT2D eigenvalue weighted by Gasteiger charge is -2.05. The van der Waals surface area contributed by atoms with Gasteiger partial charge in [-0.15, -0.1) is 11.8 Å². The van der Waals surface area contributed by atoms with Crippen LogP contribution in [0.2, 0.25) is 0 Å². The Labute approximate surface area is 120 Å². The predicted molar refractivity (Wildman–Crippen MR) is 79.3 cm³/mol. The summed E-state index contributed by atoms with van der Waals surface area (Å²) in [6.45, 7) is 0. The van der Waals surface area contributed by atoms with Gasteiger partial charge in [0, 0.05) is 28.3 Å². The van der Waals surface area contributed by atoms with E-state index in [2.05, 4.69) is 5.32 Å². The van der Waals surface area contributed by atoms with Crippen molar-refractivity contribution in [3.05, 3.63) is 64.2 Å². The van der Waals surface area contributed by atoms with Gasteiger partial charge >= 0.3 is 0 Å². The molecule has 0 unspecified atom stereocenters. The maximum atomic E-state index is 12.0. The zero-order valence-electron chi connectivity index (χ0n) is 10.7. The molecule has 0 bridgehead atoms. The Hall–Kier alpha value is -2.34. The van der Waals surface area contributed by atoms with Gasteiger partial charge in [0.1, 0.15) is 0 Å². The number of nitrogens with zero attached hydrogens (tertiary/aromatic N) is 1. The number of carbonyl (C=O) groups excluding carboxylic acids is 1. The molecule has 5 nitrogen and oxygen atoms in total. The molecule has 2 rings (SSSR count). The molecule has 0 saturated heterocycles. The predicted octanol–water partition coefficient (Wildman–Crippen LogP) is 3.57. The standard InChI is InChI=1S/C14H12N2O3S/c1-20-13-7-5-11(6-8-13)15-14(17)10-3-2-4-12(9-10)16(18)19/h2-9H,1H3,(H,15,17). The molecule has 0 aliphatic carbocycles. The van der Waals surface area contributed by atoms with Crippen LogP contribution >= 0.6 is 11.8 Å². The van der Waals surface area contributed by atoms with E-state index in [1.807, 2.05) is 18.4 Å². The van der Waals surface area contributed by atoms with E-state index >= 15 is 0 Å². The average Bonchev–Trinajstić information content (AvgIpc) is 2.48. The quantitative estimate of drug-likeness (QED) is 0.530. The number of rotatable bonds is 4. The summed E-state index contributed by atoms with van der Waals surface area (Å²) in [5.41, 5.74) is 0.808. The minimum Gasteiger partial charge on any atom is -0.322 e. The summed E-state index contributed by atoms with van der Waals surface area (Å²) in [5.74, 6) is -0.370. The first kappa shape index (κ1) is 14.1. The van der Waals surface area contributed by atoms with Gasteiger partial charge in [-0.3, -0.25) is 14.9 Å². The summed E-state index contributed by atoms with van der Waals surface area (Å²) < 4.78 is 0. The lowest BCUT2D eigenvalue weighted by atomic mass is 10.2. The van der Waals surface area contributed by atoms with Crippen molar-refractivity contribution < 1.29 is 9.72 Å². The second-order valence-corrected chi connectivity index (χ2v) is 4.87. The molecule has 20 heavy (non-hydrogen) atoms. The van der Waals surface area contributed by atoms with Gasteiger partial charge in [-0.25, -0.2) is 0 Å². The first-order chi connectivity index (χ1) is 9.60. The number of nitro benzene ring substituents is 1. The third-order valence-corrected chi connectivity index (χ3v) is 3.41. The van der Waals surface area contributed by atoms with Gasteiger partial charge < -0.3 is 5.32 Å². The first-order valence-corrected chi connectivity index (χ1v) is 7.02. The van der Waals surface area contributed by atoms with E-state index < -0.39 is 4.92 Å². The molecule has 0 radical (unpaired) electrons. The van der Waals surface area contributed by atoms with Crippen molar-refractivity contribution in [1.29, 1.82) is 0 Å². The third-order valence-electron chi connectivity index (χ3n) is 2.67. The zero-order valence-corrected chi connectivity index (χ0v) is 11.5. The fourth-order valence-electron chi connectivity index (χ4n) is 1.64. The van der Waals surface area contributed by atoms with E-state index in [1.165, 1.54) is 18.2 Å². The second-order valence-electron chi connectivity index (χ2n) is 3.99. The van der Waals surface area contributed by atoms with Crippen molar-refractivity contribution in [2.45, 2.75) is 4.90 Å². The summed E-state index contributed by atoms with van der Waals surface area (Å²) in [6, 6.07) is 13.0. The third kappa shape index (κ3) is 3.36. The van der Waals surface area contributed by atoms with Gasteiger partial charge in [0.25, 0.3) is 11.6 Å². The number of non-ortho nitro benzene ring substituents is 1. The van der Waals surface area contributed by atoms with Crippen molar-refractivity contribution in [3.8, 4) is 0 Å². The van der Waals surface area contributed by atoms with Crippen molar-refractivity contribution in [1.82, 2.24) is 0 Å². The number of hydrogen-bond acceptors (Lipinski definition) is 4. The van der Waals surface area contributed by atoms with Crippen molar-refractivity contribution in [2.75, 3.05) is 11.6 Å². The van der Waals surface area contributed by atoms with E-state index in [-0.39, 0.29) is 17.2 Å². The minimum absolute atomic E-state index is 0.101. The van der Waals surface area contributed by atoms with E-state index in [4.69, 9.17) is 0 Å². The fourth-order valence-corrected chi connectivity index (χ4v) is 2.05. The molecule has 0 heterocycles. The zero-order chi connectivity index (χ0) is 14.5. The molecule has 1 amide bonds. The molecule has 0 fully saturated rings. The van der Waals surface area contributed by atoms with Crippen LogP contribution in [-0.4, -0.2) is 17.1 Å². The molecule has 0 aliphatic rings. The van der Waals surface area contributed by atoms with Crippen LogP contribution in [-0.2, 0) is 0 Å². The number of nitro groups is 1. The lowest BCUT2D eigenvalue weighted by molar-refractivity contribution is -0.384. The van der Waals surface area contributed by atoms with Crippen LogP contribution in [0.25, 0.3) is 0 Å². The summed E-state index contributed by atoms with van der Waals surface area (Å²) in [7, 11) is 0. The fraction of sp³-hybridized carbons (Fsp3) is 0.0714. The molecule has 0 atom stereocenters. The van der Waals surface area contributed by atoms with Crippen molar-refractivity contribution >= 4 is 29.0 Å². The average molecular weight is 288 g/mol. The summed E-state index contributed by atoms with van der Waals surface area (Å²) in [6.07, 6.45) is 1.97. The highest BCUT2D eigenvalue weighted by Crippen LogP contribution is 2.19. The molecule has 0 saturated carbocycles. The van der Waals surface area contributed by atoms with Crippen molar-refractivity contribution in [3.63, 3.8) is 0 Å². The Bertz CT molecular complexity index is 641. The molecule has 2 aromatic rings. The number of hydrogen-bond donors (Lipinski definition) is 1. The molecule has 0 aliphatic heterocycles. The Morgan fingerprint density at radius 2 is 1.90 bits per heavy atom. The minimum atomic E-state index is -0.524. The Kier molecular flexibility index (Phi) is 4.37. The van der Waals surface area contributed by atoms with Gasteiger partial charge in [-0.1, -0.05) is 6.07 Å². The highest BCUT2D eigenvalue weighted by atomic mass is 32.2. The lowest BCUT2D eigenvalue weighted by Crippen LogP contribution is -2.11. The van der Waals surface area contributed by atoms with Gasteiger partial charge in [0.15, 0.2) is 0 Å². The van der Waals surface area contributed by atoms with Crippen LogP contribution in [0.5, 0.6) is 0 Å². The Morgan fingerprint density at radius 3 is 2.50 bits per heavy atom. The number of benzene rings is 2. The largest absolute Gasteiger partial charge is 0.322 e. The van der Waals surface area contributed by atoms with Gasteiger partial charge in [0.2, 0.25) is 0 Å². The van der Waals surface area contributed by atoms with E-state index in [0.29, 0.717) is 5.69 Å². The summed E-state index contributed by atoms with van der Waals surface area (Å²) in [4.78, 5) is 23.3. The van der Waals surface area contributed by atoms with Gasteiger partial charge in [-0.2, -0.15) is 0 Å². The van der Waals surface area contributed by atoms with Crippen LogP contribution in [0.15, 0.2) is 53.4 Å². The number of thioether (sulfide) groups is 1. The highest BCUT2D eigenvalue weighted by Gasteiger charge is 2.11. The van der Waals surface area contributed by atoms with Crippen LogP contribution < -0.4 is 5.32 Å². The maximum absolute atomic E-state index is 12.0. The van der Waals surface area contributed by atoms with Gasteiger partial charge in [-0.05, 0) is 36.6 Å². The topological polar surface area (TPSA) is 72.2 Å². The molecule has 102 valence electrons. The Morgan fingerprint density at radius 1 is 1.20 bits per heavy atom. The van der Waals surface area contributed by atoms with E-state index in [1.54, 1.807) is 30.0 Å². The van der Waals surface area contributed by atoms with E-state index in [9.17, 15) is 14.9 Å². The van der Waals surface area contributed by atoms with Crippen LogP contribution in [0.1, 0.15) is 10.4 Å². The maximum Gasteiger partial charge on any atom is 0.270 e. The SMILES string of the molecule is CSc1ccc(NC(=O)c2cccc([N+](=O)[O-])c2)cc1. The number of nitrogens with one attached hydrogen (secondary N) is 1. The molecule has 0 aromatic heterocycles. The molecule has 0 spiro atoms. The molecular weight excluding hydrogens is 276 g/mol. The van der Waals surface area contributed by atoms with Crippen LogP contribution in [0.4, 0.5) is 11.4 Å². The normalized spacial score (nSPS) is 10.1. The summed E-state index contributed by atoms with van der Waals surface area (Å²) >= 11 is 1.61. The Balaban J connectivity index is 2.14. The van der Waals surface area contributed by atoms with Gasteiger partial charge in [0.05, 0.1) is 4.92 Å². The molecule has 1 N–H and O–H groups in total. The van der Waals surface area contributed by atoms with Crippen LogP contribution in [0, 0.1) is 10.1 Å². The number of anilines is 1. The highest BCUT2D eigenvalue weighted by molar-refractivity contribution is 7.98. The van der Waals surface area contributed by atoms with Crippen LogP contribution in [0.3, 0.4) is 0 Å². The summed E-state index contributed by atoms with van der Waals surface area (Å²) in [5, 5.41) is 13.4. The molecular formula is C14H12N2O3S. The number of amides is 1.